The van der Waals surface area contributed by atoms with Crippen molar-refractivity contribution < 1.29 is 4.79 Å². The van der Waals surface area contributed by atoms with Gasteiger partial charge in [0.25, 0.3) is 0 Å². The molecule has 25 heavy (non-hydrogen) atoms. The van der Waals surface area contributed by atoms with Crippen LogP contribution < -0.4 is 5.32 Å². The molecular weight excluding hydrogens is 379 g/mol. The number of urea groups is 1. The number of rotatable bonds is 3. The van der Waals surface area contributed by atoms with E-state index in [9.17, 15) is 4.79 Å². The third kappa shape index (κ3) is 4.66. The number of amides is 2. The van der Waals surface area contributed by atoms with Crippen LogP contribution in [0.15, 0.2) is 47.7 Å². The Labute approximate surface area is 160 Å². The number of carbonyl (C=O) groups excluding carboxylic acids is 1. The Hall–Kier alpha value is -1.76. The number of aliphatic imine (C=N–C) groups is 1. The lowest BCUT2D eigenvalue weighted by Crippen LogP contribution is -2.37. The van der Waals surface area contributed by atoms with Crippen molar-refractivity contribution in [1.82, 2.24) is 9.88 Å². The fourth-order valence-corrected chi connectivity index (χ4v) is 3.51. The average molecular weight is 395 g/mol. The zero-order valence-electron chi connectivity index (χ0n) is 13.4. The largest absolute Gasteiger partial charge is 0.328 e. The summed E-state index contributed by atoms with van der Waals surface area (Å²) in [4.78, 5) is 23.0. The van der Waals surface area contributed by atoms with Crippen LogP contribution in [0.5, 0.6) is 0 Å². The Morgan fingerprint density at radius 3 is 2.84 bits per heavy atom. The van der Waals surface area contributed by atoms with E-state index in [2.05, 4.69) is 22.2 Å². The zero-order chi connectivity index (χ0) is 17.8. The number of hydrogen-bond acceptors (Lipinski definition) is 4. The Balaban J connectivity index is 1.80. The van der Waals surface area contributed by atoms with Gasteiger partial charge in [-0.3, -0.25) is 14.9 Å². The van der Waals surface area contributed by atoms with E-state index < -0.39 is 0 Å². The number of carbonyl (C=O) groups is 1. The van der Waals surface area contributed by atoms with Crippen molar-refractivity contribution in [2.45, 2.75) is 18.7 Å². The van der Waals surface area contributed by atoms with Gasteiger partial charge in [-0.2, -0.15) is 0 Å². The van der Waals surface area contributed by atoms with Gasteiger partial charge in [-0.25, -0.2) is 4.79 Å². The molecule has 1 aromatic heterocycles. The first-order valence-corrected chi connectivity index (χ1v) is 9.30. The molecule has 2 heterocycles. The number of nitrogens with one attached hydrogen (secondary N) is 1. The Morgan fingerprint density at radius 2 is 2.20 bits per heavy atom. The first-order valence-electron chi connectivity index (χ1n) is 7.66. The van der Waals surface area contributed by atoms with Crippen molar-refractivity contribution in [3.8, 4) is 0 Å². The molecule has 1 N–H and O–H groups in total. The van der Waals surface area contributed by atoms with E-state index in [0.29, 0.717) is 39.2 Å². The van der Waals surface area contributed by atoms with Crippen LogP contribution in [0.2, 0.25) is 10.0 Å². The van der Waals surface area contributed by atoms with Gasteiger partial charge in [0.15, 0.2) is 5.17 Å². The number of pyridine rings is 1. The summed E-state index contributed by atoms with van der Waals surface area (Å²) >= 11 is 13.5. The van der Waals surface area contributed by atoms with E-state index in [0.717, 1.165) is 5.56 Å². The molecule has 1 aromatic carbocycles. The minimum atomic E-state index is -0.275. The minimum absolute atomic E-state index is 0.275. The smallest absolute Gasteiger partial charge is 0.307 e. The first-order chi connectivity index (χ1) is 12.0. The van der Waals surface area contributed by atoms with Crippen molar-refractivity contribution in [1.29, 1.82) is 0 Å². The van der Waals surface area contributed by atoms with Crippen molar-refractivity contribution in [2.75, 3.05) is 11.9 Å². The SMILES string of the molecule is CC1CN=C(N(Cc2cccnc2)C(=O)Nc2ccc(Cl)c(Cl)c2)S1. The van der Waals surface area contributed by atoms with E-state index >= 15 is 0 Å². The van der Waals surface area contributed by atoms with Gasteiger partial charge >= 0.3 is 6.03 Å². The summed E-state index contributed by atoms with van der Waals surface area (Å²) in [6, 6.07) is 8.47. The van der Waals surface area contributed by atoms with E-state index in [1.165, 1.54) is 0 Å². The van der Waals surface area contributed by atoms with Gasteiger partial charge in [-0.15, -0.1) is 0 Å². The Kier molecular flexibility index (Phi) is 5.83. The zero-order valence-corrected chi connectivity index (χ0v) is 15.8. The molecule has 1 unspecified atom stereocenters. The molecule has 0 fully saturated rings. The van der Waals surface area contributed by atoms with Crippen LogP contribution in [-0.2, 0) is 6.54 Å². The summed E-state index contributed by atoms with van der Waals surface area (Å²) in [6.07, 6.45) is 3.44. The molecule has 0 saturated carbocycles. The van der Waals surface area contributed by atoms with Gasteiger partial charge in [-0.1, -0.05) is 48.0 Å². The standard InChI is InChI=1S/C17H16Cl2N4OS/c1-11-8-21-17(25-11)23(10-12-3-2-6-20-9-12)16(24)22-13-4-5-14(18)15(19)7-13/h2-7,9,11H,8,10H2,1H3,(H,22,24). The number of nitrogens with zero attached hydrogens (tertiary/aromatic N) is 3. The number of amidine groups is 1. The van der Waals surface area contributed by atoms with Crippen LogP contribution in [0.25, 0.3) is 0 Å². The highest BCUT2D eigenvalue weighted by Gasteiger charge is 2.26. The normalized spacial score (nSPS) is 16.4. The maximum atomic E-state index is 12.8. The fraction of sp³-hybridized carbons (Fsp3) is 0.235. The molecule has 0 saturated heterocycles. The van der Waals surface area contributed by atoms with Crippen LogP contribution in [0, 0.1) is 0 Å². The maximum absolute atomic E-state index is 12.8. The molecular formula is C17H16Cl2N4OS. The molecule has 5 nitrogen and oxygen atoms in total. The lowest BCUT2D eigenvalue weighted by molar-refractivity contribution is 0.233. The predicted octanol–water partition coefficient (Wildman–Crippen LogP) is 4.91. The van der Waals surface area contributed by atoms with E-state index in [1.54, 1.807) is 47.3 Å². The highest BCUT2D eigenvalue weighted by molar-refractivity contribution is 8.14. The molecule has 0 spiro atoms. The molecule has 130 valence electrons. The molecule has 1 aliphatic rings. The minimum Gasteiger partial charge on any atom is -0.307 e. The number of thioether (sulfide) groups is 1. The highest BCUT2D eigenvalue weighted by Crippen LogP contribution is 2.27. The second-order valence-electron chi connectivity index (χ2n) is 5.56. The summed E-state index contributed by atoms with van der Waals surface area (Å²) in [5.74, 6) is 0. The van der Waals surface area contributed by atoms with Gasteiger partial charge in [0.05, 0.1) is 23.1 Å². The van der Waals surface area contributed by atoms with Crippen molar-refractivity contribution in [2.24, 2.45) is 4.99 Å². The third-order valence-electron chi connectivity index (χ3n) is 3.50. The molecule has 0 bridgehead atoms. The van der Waals surface area contributed by atoms with Gasteiger partial charge < -0.3 is 5.32 Å². The predicted molar refractivity (Wildman–Crippen MR) is 105 cm³/mol. The quantitative estimate of drug-likeness (QED) is 0.803. The van der Waals surface area contributed by atoms with Crippen molar-refractivity contribution in [3.63, 3.8) is 0 Å². The molecule has 1 aliphatic heterocycles. The fourth-order valence-electron chi connectivity index (χ4n) is 2.28. The lowest BCUT2D eigenvalue weighted by atomic mass is 10.3. The summed E-state index contributed by atoms with van der Waals surface area (Å²) < 4.78 is 0. The van der Waals surface area contributed by atoms with Gasteiger partial charge in [0.1, 0.15) is 0 Å². The molecule has 2 amide bonds. The second-order valence-corrected chi connectivity index (χ2v) is 7.78. The van der Waals surface area contributed by atoms with E-state index in [-0.39, 0.29) is 6.03 Å². The summed E-state index contributed by atoms with van der Waals surface area (Å²) in [5, 5.41) is 4.73. The topological polar surface area (TPSA) is 57.6 Å². The van der Waals surface area contributed by atoms with Crippen molar-refractivity contribution >= 4 is 51.8 Å². The average Bonchev–Trinajstić information content (AvgIpc) is 3.03. The number of hydrogen-bond donors (Lipinski definition) is 1. The lowest BCUT2D eigenvalue weighted by Gasteiger charge is -2.23. The van der Waals surface area contributed by atoms with Gasteiger partial charge in [0.2, 0.25) is 0 Å². The van der Waals surface area contributed by atoms with Crippen LogP contribution in [0.3, 0.4) is 0 Å². The molecule has 2 aromatic rings. The molecule has 1 atom stereocenters. The molecule has 3 rings (SSSR count). The first kappa shape index (κ1) is 18.0. The van der Waals surface area contributed by atoms with Crippen LogP contribution in [0.1, 0.15) is 12.5 Å². The number of halogens is 2. The molecule has 8 heteroatoms. The maximum Gasteiger partial charge on any atom is 0.328 e. The van der Waals surface area contributed by atoms with Crippen molar-refractivity contribution in [3.05, 3.63) is 58.3 Å². The van der Waals surface area contributed by atoms with Gasteiger partial charge in [0, 0.05) is 23.3 Å². The summed E-state index contributed by atoms with van der Waals surface area (Å²) in [7, 11) is 0. The third-order valence-corrected chi connectivity index (χ3v) is 5.35. The number of anilines is 1. The molecule has 0 radical (unpaired) electrons. The van der Waals surface area contributed by atoms with Crippen LogP contribution in [0.4, 0.5) is 10.5 Å². The second kappa shape index (κ2) is 8.08. The van der Waals surface area contributed by atoms with Gasteiger partial charge in [-0.05, 0) is 29.8 Å². The van der Waals surface area contributed by atoms with Crippen LogP contribution >= 0.6 is 35.0 Å². The van der Waals surface area contributed by atoms with E-state index in [4.69, 9.17) is 23.2 Å². The summed E-state index contributed by atoms with van der Waals surface area (Å²) in [5.41, 5.74) is 1.50. The molecule has 0 aliphatic carbocycles. The highest BCUT2D eigenvalue weighted by atomic mass is 35.5. The Bertz CT molecular complexity index is 800. The number of aromatic nitrogens is 1. The van der Waals surface area contributed by atoms with E-state index in [1.807, 2.05) is 12.1 Å². The summed E-state index contributed by atoms with van der Waals surface area (Å²) in [6.45, 7) is 3.17. The Morgan fingerprint density at radius 1 is 1.36 bits per heavy atom. The monoisotopic (exact) mass is 394 g/mol. The number of benzene rings is 1. The van der Waals surface area contributed by atoms with Crippen LogP contribution in [-0.4, -0.2) is 32.9 Å².